The molecule has 2 bridgehead atoms. The Morgan fingerprint density at radius 1 is 1.25 bits per heavy atom. The lowest BCUT2D eigenvalue weighted by Crippen LogP contribution is -2.60. The minimum Gasteiger partial charge on any atom is -0.465 e. The lowest BCUT2D eigenvalue weighted by atomic mass is 9.70. The summed E-state index contributed by atoms with van der Waals surface area (Å²) in [4.78, 5) is 44.6. The predicted octanol–water partition coefficient (Wildman–Crippen LogP) is 3.22. The quantitative estimate of drug-likeness (QED) is 0.158. The number of nitrogens with zero attached hydrogens (tertiary/aromatic N) is 2. The van der Waals surface area contributed by atoms with Gasteiger partial charge in [0.05, 0.1) is 24.5 Å². The van der Waals surface area contributed by atoms with Crippen molar-refractivity contribution in [3.05, 3.63) is 25.3 Å². The molecule has 0 aliphatic carbocycles. The van der Waals surface area contributed by atoms with Gasteiger partial charge in [0.25, 0.3) is 0 Å². The summed E-state index contributed by atoms with van der Waals surface area (Å²) < 4.78 is 12.1. The molecular weight excluding hydrogens is 528 g/mol. The second-order valence-electron chi connectivity index (χ2n) is 11.0. The highest BCUT2D eigenvalue weighted by atomic mass is 79.9. The lowest BCUT2D eigenvalue weighted by Gasteiger charge is -2.42. The monoisotopic (exact) mass is 568 g/mol. The minimum absolute atomic E-state index is 0.0792. The van der Waals surface area contributed by atoms with Gasteiger partial charge in [0.15, 0.2) is 0 Å². The lowest BCUT2D eigenvalue weighted by molar-refractivity contribution is -0.155. The summed E-state index contributed by atoms with van der Waals surface area (Å²) in [6.07, 6.45) is 6.79. The van der Waals surface area contributed by atoms with Crippen molar-refractivity contribution in [3.63, 3.8) is 0 Å². The first-order valence-corrected chi connectivity index (χ1v) is 13.9. The molecule has 3 saturated heterocycles. The fourth-order valence-electron chi connectivity index (χ4n) is 5.96. The Hall–Kier alpha value is -1.71. The van der Waals surface area contributed by atoms with Crippen molar-refractivity contribution in [2.24, 2.45) is 11.8 Å². The molecule has 8 nitrogen and oxygen atoms in total. The zero-order valence-electron chi connectivity index (χ0n) is 21.8. The molecule has 3 unspecified atom stereocenters. The number of esters is 1. The van der Waals surface area contributed by atoms with Crippen molar-refractivity contribution in [1.82, 2.24) is 9.80 Å². The van der Waals surface area contributed by atoms with Gasteiger partial charge in [0.1, 0.15) is 11.6 Å². The summed E-state index contributed by atoms with van der Waals surface area (Å²) in [5, 5.41) is 9.18. The molecule has 0 aromatic carbocycles. The summed E-state index contributed by atoms with van der Waals surface area (Å²) in [5.41, 5.74) is -1.60. The average molecular weight is 570 g/mol. The molecule has 0 aromatic heterocycles. The number of carbonyl (C=O) groups excluding carboxylic acids is 3. The Balaban J connectivity index is 1.97. The van der Waals surface area contributed by atoms with E-state index in [0.29, 0.717) is 38.8 Å². The number of unbranched alkanes of at least 4 members (excludes halogenated alkanes) is 3. The normalized spacial score (nSPS) is 30.9. The number of carbonyl (C=O) groups is 3. The van der Waals surface area contributed by atoms with Gasteiger partial charge in [-0.1, -0.05) is 28.1 Å². The molecule has 0 saturated carbocycles. The molecule has 3 aliphatic heterocycles. The van der Waals surface area contributed by atoms with Gasteiger partial charge in [0, 0.05) is 30.1 Å². The molecule has 0 radical (unpaired) electrons. The number of halogens is 1. The van der Waals surface area contributed by atoms with Crippen LogP contribution in [0.15, 0.2) is 25.3 Å². The number of hydrogen-bond donors (Lipinski definition) is 1. The van der Waals surface area contributed by atoms with E-state index in [2.05, 4.69) is 29.1 Å². The summed E-state index contributed by atoms with van der Waals surface area (Å²) >= 11 is 3.68. The van der Waals surface area contributed by atoms with Crippen molar-refractivity contribution in [2.75, 3.05) is 26.3 Å². The first-order valence-electron chi connectivity index (χ1n) is 13.0. The van der Waals surface area contributed by atoms with Crippen LogP contribution in [-0.4, -0.2) is 87.1 Å². The standard InChI is InChI=1S/C27H41BrN2O6/c1-6-8-12-16-35-25(34)19-20-23(32)29(14-10-9-11-15-31)22(27(20)17-18(28)21(19)36-27)24(33)30(13-7-2)26(3,4)5/h6-7,18-22,31H,1-2,8-17H2,3-5H3/t18?,19-,20-,21-,22?,27?/m0/s1. The predicted molar refractivity (Wildman–Crippen MR) is 140 cm³/mol. The highest BCUT2D eigenvalue weighted by Crippen LogP contribution is 2.60. The molecule has 2 amide bonds. The third-order valence-corrected chi connectivity index (χ3v) is 8.38. The van der Waals surface area contributed by atoms with E-state index in [4.69, 9.17) is 9.47 Å². The van der Waals surface area contributed by atoms with Crippen molar-refractivity contribution < 1.29 is 29.0 Å². The van der Waals surface area contributed by atoms with Crippen LogP contribution in [0.25, 0.3) is 0 Å². The molecule has 3 fully saturated rings. The van der Waals surface area contributed by atoms with E-state index >= 15 is 0 Å². The largest absolute Gasteiger partial charge is 0.465 e. The molecule has 36 heavy (non-hydrogen) atoms. The summed E-state index contributed by atoms with van der Waals surface area (Å²) in [7, 11) is 0. The molecule has 3 aliphatic rings. The zero-order valence-corrected chi connectivity index (χ0v) is 23.4. The molecule has 202 valence electrons. The van der Waals surface area contributed by atoms with E-state index in [9.17, 15) is 19.5 Å². The summed E-state index contributed by atoms with van der Waals surface area (Å²) in [6, 6.07) is -0.841. The molecule has 3 rings (SSSR count). The second-order valence-corrected chi connectivity index (χ2v) is 12.2. The highest BCUT2D eigenvalue weighted by molar-refractivity contribution is 9.09. The van der Waals surface area contributed by atoms with Gasteiger partial charge < -0.3 is 24.4 Å². The fraction of sp³-hybridized carbons (Fsp3) is 0.741. The topological polar surface area (TPSA) is 96.4 Å². The number of ether oxygens (including phenoxy) is 2. The van der Waals surface area contributed by atoms with Crippen LogP contribution in [0.4, 0.5) is 0 Å². The van der Waals surface area contributed by atoms with Crippen molar-refractivity contribution in [2.45, 2.75) is 87.4 Å². The number of hydrogen-bond acceptors (Lipinski definition) is 6. The highest BCUT2D eigenvalue weighted by Gasteiger charge is 2.77. The van der Waals surface area contributed by atoms with E-state index < -0.39 is 41.1 Å². The number of allylic oxidation sites excluding steroid dienone is 1. The molecule has 1 spiro atoms. The third-order valence-electron chi connectivity index (χ3n) is 7.54. The Morgan fingerprint density at radius 3 is 2.58 bits per heavy atom. The Kier molecular flexibility index (Phi) is 9.44. The third kappa shape index (κ3) is 5.29. The average Bonchev–Trinajstić information content (AvgIpc) is 3.40. The van der Waals surface area contributed by atoms with E-state index in [1.54, 1.807) is 22.0 Å². The Labute approximate surface area is 223 Å². The van der Waals surface area contributed by atoms with Gasteiger partial charge in [0.2, 0.25) is 11.8 Å². The van der Waals surface area contributed by atoms with Crippen molar-refractivity contribution >= 4 is 33.7 Å². The molecule has 3 heterocycles. The number of rotatable bonds is 13. The van der Waals surface area contributed by atoms with E-state index in [1.807, 2.05) is 20.8 Å². The van der Waals surface area contributed by atoms with Crippen LogP contribution in [0.2, 0.25) is 0 Å². The van der Waals surface area contributed by atoms with Crippen LogP contribution in [0, 0.1) is 11.8 Å². The number of likely N-dealkylation sites (tertiary alicyclic amines) is 1. The minimum atomic E-state index is -1.10. The molecule has 1 N–H and O–H groups in total. The fourth-order valence-corrected chi connectivity index (χ4v) is 6.90. The van der Waals surface area contributed by atoms with Gasteiger partial charge in [-0.05, 0) is 59.3 Å². The van der Waals surface area contributed by atoms with Gasteiger partial charge in [-0.2, -0.15) is 0 Å². The number of alkyl halides is 1. The second kappa shape index (κ2) is 11.8. The maximum absolute atomic E-state index is 14.2. The number of aliphatic hydroxyl groups excluding tert-OH is 1. The molecular formula is C27H41BrN2O6. The zero-order chi connectivity index (χ0) is 26.7. The van der Waals surface area contributed by atoms with Gasteiger partial charge in [-0.25, -0.2) is 0 Å². The van der Waals surface area contributed by atoms with Crippen molar-refractivity contribution in [3.8, 4) is 0 Å². The van der Waals surface area contributed by atoms with Gasteiger partial charge >= 0.3 is 5.97 Å². The van der Waals surface area contributed by atoms with Gasteiger partial charge in [-0.15, -0.1) is 13.2 Å². The number of amides is 2. The maximum atomic E-state index is 14.2. The van der Waals surface area contributed by atoms with Crippen LogP contribution in [-0.2, 0) is 23.9 Å². The first-order chi connectivity index (χ1) is 17.0. The summed E-state index contributed by atoms with van der Waals surface area (Å²) in [5.74, 6) is -2.39. The SMILES string of the molecule is C=CCCCOC(=O)[C@H]1[C@H]2C(=O)N(CCCCCO)C(C(=O)N(CC=C)C(C)(C)C)C23CC(Br)[C@@H]1O3. The molecule has 0 aromatic rings. The molecule has 9 heteroatoms. The van der Waals surface area contributed by atoms with Crippen LogP contribution >= 0.6 is 15.9 Å². The van der Waals surface area contributed by atoms with E-state index in [1.165, 1.54) is 0 Å². The molecule has 6 atom stereocenters. The Morgan fingerprint density at radius 2 is 1.97 bits per heavy atom. The van der Waals surface area contributed by atoms with Crippen LogP contribution in [0.3, 0.4) is 0 Å². The first kappa shape index (κ1) is 28.9. The number of aliphatic hydroxyl groups is 1. The van der Waals surface area contributed by atoms with E-state index in [-0.39, 0.29) is 29.9 Å². The van der Waals surface area contributed by atoms with Gasteiger partial charge in [-0.3, -0.25) is 14.4 Å². The number of fused-ring (bicyclic) bond motifs is 1. The van der Waals surface area contributed by atoms with Crippen LogP contribution < -0.4 is 0 Å². The van der Waals surface area contributed by atoms with Crippen LogP contribution in [0.1, 0.15) is 59.3 Å². The smallest absolute Gasteiger partial charge is 0.312 e. The van der Waals surface area contributed by atoms with E-state index in [0.717, 1.165) is 12.8 Å². The summed E-state index contributed by atoms with van der Waals surface area (Å²) in [6.45, 7) is 14.4. The Bertz CT molecular complexity index is 858. The van der Waals surface area contributed by atoms with Crippen LogP contribution in [0.5, 0.6) is 0 Å². The maximum Gasteiger partial charge on any atom is 0.312 e. The van der Waals surface area contributed by atoms with Crippen molar-refractivity contribution in [1.29, 1.82) is 0 Å².